The van der Waals surface area contributed by atoms with E-state index in [0.29, 0.717) is 18.5 Å². The van der Waals surface area contributed by atoms with E-state index in [1.54, 1.807) is 13.8 Å². The molecule has 1 aromatic rings. The fraction of sp³-hybridized carbons (Fsp3) is 0.609. The molecule has 0 fully saturated rings. The Kier molecular flexibility index (Phi) is 14.5. The highest BCUT2D eigenvalue weighted by molar-refractivity contribution is 5.94. The van der Waals surface area contributed by atoms with Crippen LogP contribution in [0.2, 0.25) is 0 Å². The maximum Gasteiger partial charge on any atom is 0.326 e. The van der Waals surface area contributed by atoms with Gasteiger partial charge in [0.15, 0.2) is 11.9 Å². The van der Waals surface area contributed by atoms with E-state index in [-0.39, 0.29) is 44.3 Å². The van der Waals surface area contributed by atoms with E-state index in [1.165, 1.54) is 12.5 Å². The van der Waals surface area contributed by atoms with Gasteiger partial charge in [0, 0.05) is 31.4 Å². The number of aliphatic imine (C=N–C) groups is 2. The third-order valence-electron chi connectivity index (χ3n) is 5.72. The second-order valence-corrected chi connectivity index (χ2v) is 9.48. The van der Waals surface area contributed by atoms with Gasteiger partial charge in [0.25, 0.3) is 0 Å². The number of aliphatic carboxylic acids is 1. The molecule has 1 heterocycles. The first kappa shape index (κ1) is 33.6. The normalized spacial score (nSPS) is 13.8. The quantitative estimate of drug-likeness (QED) is 0.0473. The molecule has 0 aliphatic heterocycles. The van der Waals surface area contributed by atoms with Crippen LogP contribution in [0.15, 0.2) is 22.5 Å². The van der Waals surface area contributed by atoms with Crippen LogP contribution in [0.4, 0.5) is 0 Å². The Hall–Kier alpha value is -4.41. The molecule has 0 radical (unpaired) electrons. The first-order valence-electron chi connectivity index (χ1n) is 12.8. The Labute approximate surface area is 232 Å². The Morgan fingerprint density at radius 1 is 0.900 bits per heavy atom. The molecule has 0 saturated carbocycles. The molecule has 0 bridgehead atoms. The molecule has 4 atom stereocenters. The molecule has 0 aliphatic rings. The van der Waals surface area contributed by atoms with Crippen molar-refractivity contribution in [2.24, 2.45) is 44.6 Å². The van der Waals surface area contributed by atoms with Gasteiger partial charge in [0.05, 0.1) is 12.4 Å². The number of nitrogens with one attached hydrogen (secondary N) is 4. The van der Waals surface area contributed by atoms with Crippen LogP contribution in [0, 0.1) is 5.92 Å². The average Bonchev–Trinajstić information content (AvgIpc) is 3.38. The lowest BCUT2D eigenvalue weighted by Crippen LogP contribution is -2.59. The lowest BCUT2D eigenvalue weighted by molar-refractivity contribution is -0.142. The van der Waals surface area contributed by atoms with Gasteiger partial charge < -0.3 is 54.7 Å². The SMILES string of the molecule is CC(C)C(NC(=O)C(Cc1cnc[nH]1)NC(=O)C(N)CCCN=C(N)N)C(=O)NC(CCCN=C(N)N)C(=O)O. The van der Waals surface area contributed by atoms with Crippen LogP contribution in [0.5, 0.6) is 0 Å². The second-order valence-electron chi connectivity index (χ2n) is 9.48. The van der Waals surface area contributed by atoms with Crippen molar-refractivity contribution in [3.05, 3.63) is 18.2 Å². The minimum atomic E-state index is -1.25. The van der Waals surface area contributed by atoms with E-state index >= 15 is 0 Å². The largest absolute Gasteiger partial charge is 0.480 e. The molecule has 224 valence electrons. The molecule has 1 aromatic heterocycles. The predicted octanol–water partition coefficient (Wildman–Crippen LogP) is -3.42. The van der Waals surface area contributed by atoms with Crippen LogP contribution in [0.1, 0.15) is 45.2 Å². The maximum atomic E-state index is 13.3. The van der Waals surface area contributed by atoms with Crippen molar-refractivity contribution in [2.75, 3.05) is 13.1 Å². The number of amides is 3. The molecule has 40 heavy (non-hydrogen) atoms. The topological polar surface area (TPSA) is 308 Å². The van der Waals surface area contributed by atoms with E-state index in [2.05, 4.69) is 35.9 Å². The monoisotopic (exact) mass is 566 g/mol. The number of nitrogens with two attached hydrogens (primary N) is 5. The lowest BCUT2D eigenvalue weighted by Gasteiger charge is -2.27. The molecule has 15 N–H and O–H groups in total. The van der Waals surface area contributed by atoms with Gasteiger partial charge in [-0.15, -0.1) is 0 Å². The number of imidazole rings is 1. The van der Waals surface area contributed by atoms with E-state index < -0.39 is 53.8 Å². The summed E-state index contributed by atoms with van der Waals surface area (Å²) in [6.07, 6.45) is 4.02. The summed E-state index contributed by atoms with van der Waals surface area (Å²) in [5.74, 6) is -3.79. The molecule has 0 saturated heterocycles. The van der Waals surface area contributed by atoms with Crippen LogP contribution in [0.3, 0.4) is 0 Å². The van der Waals surface area contributed by atoms with Gasteiger partial charge >= 0.3 is 5.97 Å². The number of carboxylic acid groups (broad SMARTS) is 1. The number of guanidine groups is 2. The number of carbonyl (C=O) groups excluding carboxylic acids is 3. The van der Waals surface area contributed by atoms with Crippen molar-refractivity contribution in [3.63, 3.8) is 0 Å². The Morgan fingerprint density at radius 2 is 1.48 bits per heavy atom. The zero-order chi connectivity index (χ0) is 30.2. The highest BCUT2D eigenvalue weighted by atomic mass is 16.4. The smallest absolute Gasteiger partial charge is 0.326 e. The number of hydrogen-bond acceptors (Lipinski definition) is 8. The highest BCUT2D eigenvalue weighted by Gasteiger charge is 2.32. The molecule has 17 nitrogen and oxygen atoms in total. The van der Waals surface area contributed by atoms with Crippen LogP contribution in [0.25, 0.3) is 0 Å². The first-order valence-corrected chi connectivity index (χ1v) is 12.8. The van der Waals surface area contributed by atoms with Gasteiger partial charge in [-0.2, -0.15) is 0 Å². The molecular weight excluding hydrogens is 524 g/mol. The fourth-order valence-corrected chi connectivity index (χ4v) is 3.57. The minimum Gasteiger partial charge on any atom is -0.480 e. The summed E-state index contributed by atoms with van der Waals surface area (Å²) in [5.41, 5.74) is 27.7. The third-order valence-corrected chi connectivity index (χ3v) is 5.72. The van der Waals surface area contributed by atoms with Crippen molar-refractivity contribution in [3.8, 4) is 0 Å². The Balaban J connectivity index is 2.93. The van der Waals surface area contributed by atoms with E-state index in [1.807, 2.05) is 0 Å². The Morgan fingerprint density at radius 3 is 1.98 bits per heavy atom. The van der Waals surface area contributed by atoms with Crippen molar-refractivity contribution in [2.45, 2.75) is 70.1 Å². The van der Waals surface area contributed by atoms with Gasteiger partial charge in [-0.05, 0) is 31.6 Å². The molecule has 0 spiro atoms. The van der Waals surface area contributed by atoms with Crippen molar-refractivity contribution in [1.82, 2.24) is 25.9 Å². The number of aromatic nitrogens is 2. The molecule has 4 unspecified atom stereocenters. The summed E-state index contributed by atoms with van der Waals surface area (Å²) in [6, 6.07) is -4.37. The van der Waals surface area contributed by atoms with E-state index in [0.717, 1.165) is 0 Å². The predicted molar refractivity (Wildman–Crippen MR) is 148 cm³/mol. The van der Waals surface area contributed by atoms with Crippen LogP contribution < -0.4 is 44.6 Å². The fourth-order valence-electron chi connectivity index (χ4n) is 3.57. The number of rotatable bonds is 18. The van der Waals surface area contributed by atoms with Crippen molar-refractivity contribution in [1.29, 1.82) is 0 Å². The third kappa shape index (κ3) is 12.9. The summed E-state index contributed by atoms with van der Waals surface area (Å²) < 4.78 is 0. The second kappa shape index (κ2) is 17.2. The minimum absolute atomic E-state index is 0.0350. The van der Waals surface area contributed by atoms with Gasteiger partial charge in [-0.25, -0.2) is 9.78 Å². The van der Waals surface area contributed by atoms with Gasteiger partial charge in [0.1, 0.15) is 18.1 Å². The Bertz CT molecular complexity index is 1020. The molecule has 0 aromatic carbocycles. The van der Waals surface area contributed by atoms with Crippen molar-refractivity contribution >= 4 is 35.6 Å². The first-order chi connectivity index (χ1) is 18.8. The van der Waals surface area contributed by atoms with Gasteiger partial charge in [-0.3, -0.25) is 24.4 Å². The highest BCUT2D eigenvalue weighted by Crippen LogP contribution is 2.08. The molecular formula is C23H42N12O5. The summed E-state index contributed by atoms with van der Waals surface area (Å²) in [6.45, 7) is 3.86. The molecule has 3 amide bonds. The number of aromatic amines is 1. The lowest BCUT2D eigenvalue weighted by atomic mass is 10.0. The number of carbonyl (C=O) groups is 4. The number of H-pyrrole nitrogens is 1. The van der Waals surface area contributed by atoms with E-state index in [9.17, 15) is 24.3 Å². The van der Waals surface area contributed by atoms with Crippen LogP contribution in [-0.4, -0.2) is 87.9 Å². The summed E-state index contributed by atoms with van der Waals surface area (Å²) in [5, 5.41) is 17.3. The van der Waals surface area contributed by atoms with Crippen molar-refractivity contribution < 1.29 is 24.3 Å². The summed E-state index contributed by atoms with van der Waals surface area (Å²) in [4.78, 5) is 65.2. The molecule has 17 heteroatoms. The molecule has 1 rings (SSSR count). The van der Waals surface area contributed by atoms with E-state index in [4.69, 9.17) is 28.7 Å². The number of nitrogens with zero attached hydrogens (tertiary/aromatic N) is 3. The zero-order valence-electron chi connectivity index (χ0n) is 22.8. The van der Waals surface area contributed by atoms with Gasteiger partial charge in [0.2, 0.25) is 17.7 Å². The zero-order valence-corrected chi connectivity index (χ0v) is 22.8. The number of carboxylic acids is 1. The standard InChI is InChI=1S/C23H42N12O5/c1-12(2)17(20(38)33-15(21(39)40)6-4-8-31-23(27)28)35-19(37)16(9-13-10-29-11-32-13)34-18(36)14(24)5-3-7-30-22(25)26/h10-12,14-17H,3-9,24H2,1-2H3,(H,29,32)(H,33,38)(H,34,36)(H,35,37)(H,39,40)(H4,25,26,30)(H4,27,28,31). The van der Waals surface area contributed by atoms with Crippen LogP contribution in [-0.2, 0) is 25.6 Å². The maximum absolute atomic E-state index is 13.3. The summed E-state index contributed by atoms with van der Waals surface area (Å²) >= 11 is 0. The summed E-state index contributed by atoms with van der Waals surface area (Å²) in [7, 11) is 0. The molecule has 0 aliphatic carbocycles. The van der Waals surface area contributed by atoms with Gasteiger partial charge in [-0.1, -0.05) is 13.8 Å². The number of hydrogen-bond donors (Lipinski definition) is 10. The average molecular weight is 567 g/mol. The van der Waals surface area contributed by atoms with Crippen LogP contribution >= 0.6 is 0 Å².